The molecule has 1 aromatic carbocycles. The Morgan fingerprint density at radius 2 is 1.88 bits per heavy atom. The summed E-state index contributed by atoms with van der Waals surface area (Å²) in [6, 6.07) is 13.0. The second-order valence-electron chi connectivity index (χ2n) is 8.50. The van der Waals surface area contributed by atoms with Crippen molar-refractivity contribution in [3.05, 3.63) is 77.9 Å². The predicted molar refractivity (Wildman–Crippen MR) is 118 cm³/mol. The average molecular weight is 435 g/mol. The van der Waals surface area contributed by atoms with E-state index in [2.05, 4.69) is 10.5 Å². The van der Waals surface area contributed by atoms with Gasteiger partial charge in [0, 0.05) is 37.2 Å². The third-order valence-corrected chi connectivity index (χ3v) is 6.26. The Kier molecular flexibility index (Phi) is 5.18. The molecule has 2 aliphatic rings. The quantitative estimate of drug-likeness (QED) is 0.632. The van der Waals surface area contributed by atoms with Gasteiger partial charge in [-0.2, -0.15) is 5.10 Å². The molecule has 32 heavy (non-hydrogen) atoms. The Morgan fingerprint density at radius 1 is 1.09 bits per heavy atom. The molecule has 0 saturated carbocycles. The highest BCUT2D eigenvalue weighted by atomic mass is 16.3. The number of carbonyl (C=O) groups is 2. The maximum Gasteiger partial charge on any atom is 0.273 e. The molecule has 0 radical (unpaired) electrons. The molecule has 2 aliphatic heterocycles. The molecule has 1 saturated heterocycles. The SMILES string of the molecule is O=C(c1ccc(Cn2cccn2)cc1)N1CCC(O)(CN2CNn3cccc3C2=O)CC1. The topological polar surface area (TPSA) is 95.6 Å². The first-order valence-corrected chi connectivity index (χ1v) is 10.8. The molecule has 2 amide bonds. The fourth-order valence-electron chi connectivity index (χ4n) is 4.37. The number of rotatable bonds is 5. The Balaban J connectivity index is 1.17. The summed E-state index contributed by atoms with van der Waals surface area (Å²) >= 11 is 0. The van der Waals surface area contributed by atoms with Gasteiger partial charge in [-0.05, 0) is 48.7 Å². The lowest BCUT2D eigenvalue weighted by Gasteiger charge is -2.42. The molecular weight excluding hydrogens is 408 g/mol. The third-order valence-electron chi connectivity index (χ3n) is 6.26. The smallest absolute Gasteiger partial charge is 0.273 e. The van der Waals surface area contributed by atoms with E-state index in [0.717, 1.165) is 5.56 Å². The zero-order valence-electron chi connectivity index (χ0n) is 17.7. The lowest BCUT2D eigenvalue weighted by molar-refractivity contribution is -0.0369. The molecule has 9 heteroatoms. The van der Waals surface area contributed by atoms with Crippen LogP contribution in [0.2, 0.25) is 0 Å². The van der Waals surface area contributed by atoms with Gasteiger partial charge < -0.3 is 20.3 Å². The minimum absolute atomic E-state index is 0.0359. The number of carbonyl (C=O) groups excluding carboxylic acids is 2. The summed E-state index contributed by atoms with van der Waals surface area (Å²) in [5, 5.41) is 15.3. The van der Waals surface area contributed by atoms with Crippen molar-refractivity contribution >= 4 is 11.8 Å². The number of benzene rings is 1. The van der Waals surface area contributed by atoms with Gasteiger partial charge in [0.2, 0.25) is 0 Å². The highest BCUT2D eigenvalue weighted by Crippen LogP contribution is 2.26. The van der Waals surface area contributed by atoms with Gasteiger partial charge >= 0.3 is 0 Å². The summed E-state index contributed by atoms with van der Waals surface area (Å²) in [5.41, 5.74) is 4.40. The molecule has 0 bridgehead atoms. The Labute approximate surface area is 185 Å². The first-order chi connectivity index (χ1) is 15.5. The van der Waals surface area contributed by atoms with Crippen molar-refractivity contribution in [2.75, 3.05) is 31.7 Å². The van der Waals surface area contributed by atoms with Crippen LogP contribution in [-0.4, -0.2) is 73.1 Å². The van der Waals surface area contributed by atoms with Crippen LogP contribution in [0.15, 0.2) is 61.1 Å². The maximum atomic E-state index is 12.9. The number of hydrogen-bond acceptors (Lipinski definition) is 5. The number of fused-ring (bicyclic) bond motifs is 1. The number of aliphatic hydroxyl groups is 1. The summed E-state index contributed by atoms with van der Waals surface area (Å²) in [4.78, 5) is 29.0. The molecule has 5 rings (SSSR count). The number of β-amino-alcohol motifs (C(OH)–C–C–N with tert-alkyl or cyclic N) is 1. The second-order valence-corrected chi connectivity index (χ2v) is 8.50. The molecule has 9 nitrogen and oxygen atoms in total. The fourth-order valence-corrected chi connectivity index (χ4v) is 4.37. The van der Waals surface area contributed by atoms with Gasteiger partial charge in [-0.1, -0.05) is 12.1 Å². The van der Waals surface area contributed by atoms with Gasteiger partial charge in [0.1, 0.15) is 12.4 Å². The van der Waals surface area contributed by atoms with Gasteiger partial charge in [0.15, 0.2) is 0 Å². The van der Waals surface area contributed by atoms with Crippen LogP contribution in [0, 0.1) is 0 Å². The molecule has 0 unspecified atom stereocenters. The number of nitrogens with zero attached hydrogens (tertiary/aromatic N) is 5. The van der Waals surface area contributed by atoms with Crippen molar-refractivity contribution in [2.24, 2.45) is 0 Å². The van der Waals surface area contributed by atoms with E-state index < -0.39 is 5.60 Å². The van der Waals surface area contributed by atoms with Crippen molar-refractivity contribution in [1.82, 2.24) is 24.3 Å². The molecular formula is C23H26N6O3. The van der Waals surface area contributed by atoms with E-state index in [-0.39, 0.29) is 18.4 Å². The van der Waals surface area contributed by atoms with E-state index in [9.17, 15) is 14.7 Å². The largest absolute Gasteiger partial charge is 0.388 e. The van der Waals surface area contributed by atoms with Crippen molar-refractivity contribution in [2.45, 2.75) is 25.0 Å². The van der Waals surface area contributed by atoms with Crippen LogP contribution in [0.1, 0.15) is 39.3 Å². The van der Waals surface area contributed by atoms with Crippen LogP contribution in [0.4, 0.5) is 0 Å². The first-order valence-electron chi connectivity index (χ1n) is 10.8. The Hall–Kier alpha value is -3.59. The normalized spacial score (nSPS) is 17.7. The number of piperidine rings is 1. The Bertz CT molecular complexity index is 1100. The van der Waals surface area contributed by atoms with Crippen molar-refractivity contribution in [3.63, 3.8) is 0 Å². The third kappa shape index (κ3) is 3.99. The lowest BCUT2D eigenvalue weighted by atomic mass is 9.90. The standard InChI is InChI=1S/C23H26N6O3/c30-21(19-6-4-18(5-7-19)15-28-11-2-10-24-28)26-13-8-23(32,9-14-26)16-27-17-25-29-12-1-3-20(29)22(27)31/h1-7,10-12,25,32H,8-9,13-17H2. The minimum Gasteiger partial charge on any atom is -0.388 e. The minimum atomic E-state index is -1.00. The van der Waals surface area contributed by atoms with Crippen molar-refractivity contribution < 1.29 is 14.7 Å². The van der Waals surface area contributed by atoms with E-state index >= 15 is 0 Å². The molecule has 2 N–H and O–H groups in total. The molecule has 0 atom stereocenters. The van der Waals surface area contributed by atoms with Crippen LogP contribution in [0.3, 0.4) is 0 Å². The highest BCUT2D eigenvalue weighted by Gasteiger charge is 2.38. The molecule has 0 aliphatic carbocycles. The summed E-state index contributed by atoms with van der Waals surface area (Å²) < 4.78 is 3.53. The van der Waals surface area contributed by atoms with E-state index in [1.54, 1.807) is 32.9 Å². The lowest BCUT2D eigenvalue weighted by Crippen LogP contribution is -2.56. The number of aromatic nitrogens is 3. The van der Waals surface area contributed by atoms with Gasteiger partial charge in [0.05, 0.1) is 18.7 Å². The number of hydrogen-bond donors (Lipinski definition) is 2. The maximum absolute atomic E-state index is 12.9. The molecule has 166 valence electrons. The molecule has 0 spiro atoms. The number of nitrogens with one attached hydrogen (secondary N) is 1. The van der Waals surface area contributed by atoms with Crippen LogP contribution < -0.4 is 5.43 Å². The molecule has 1 fully saturated rings. The number of amides is 2. The van der Waals surface area contributed by atoms with E-state index in [1.807, 2.05) is 47.3 Å². The van der Waals surface area contributed by atoms with E-state index in [4.69, 9.17) is 0 Å². The van der Waals surface area contributed by atoms with E-state index in [0.29, 0.717) is 50.4 Å². The zero-order valence-corrected chi connectivity index (χ0v) is 17.7. The highest BCUT2D eigenvalue weighted by molar-refractivity contribution is 5.94. The molecule has 2 aromatic heterocycles. The van der Waals surface area contributed by atoms with Crippen LogP contribution >= 0.6 is 0 Å². The summed E-state index contributed by atoms with van der Waals surface area (Å²) in [7, 11) is 0. The van der Waals surface area contributed by atoms with Crippen LogP contribution in [0.25, 0.3) is 0 Å². The second kappa shape index (κ2) is 8.16. The Morgan fingerprint density at radius 3 is 2.59 bits per heavy atom. The summed E-state index contributed by atoms with van der Waals surface area (Å²) in [6.45, 7) is 2.16. The van der Waals surface area contributed by atoms with Crippen LogP contribution in [0.5, 0.6) is 0 Å². The fraction of sp³-hybridized carbons (Fsp3) is 0.348. The average Bonchev–Trinajstić information content (AvgIpc) is 3.49. The summed E-state index contributed by atoms with van der Waals surface area (Å²) in [6.07, 6.45) is 6.30. The van der Waals surface area contributed by atoms with Crippen molar-refractivity contribution in [1.29, 1.82) is 0 Å². The van der Waals surface area contributed by atoms with Gasteiger partial charge in [-0.3, -0.25) is 18.9 Å². The number of likely N-dealkylation sites (tertiary alicyclic amines) is 1. The van der Waals surface area contributed by atoms with Gasteiger partial charge in [-0.15, -0.1) is 0 Å². The van der Waals surface area contributed by atoms with Crippen LogP contribution in [-0.2, 0) is 6.54 Å². The molecule has 4 heterocycles. The monoisotopic (exact) mass is 434 g/mol. The zero-order chi connectivity index (χ0) is 22.1. The molecule has 3 aromatic rings. The summed E-state index contributed by atoms with van der Waals surface area (Å²) in [5.74, 6) is -0.137. The van der Waals surface area contributed by atoms with Gasteiger partial charge in [-0.25, -0.2) is 0 Å². The van der Waals surface area contributed by atoms with E-state index in [1.165, 1.54) is 0 Å². The van der Waals surface area contributed by atoms with Crippen molar-refractivity contribution in [3.8, 4) is 0 Å². The first kappa shape index (κ1) is 20.3. The van der Waals surface area contributed by atoms with Gasteiger partial charge in [0.25, 0.3) is 11.8 Å². The predicted octanol–water partition coefficient (Wildman–Crippen LogP) is 1.36.